The number of hydrogen-bond acceptors (Lipinski definition) is 1. The minimum absolute atomic E-state index is 0.135. The number of carbonyl (C=O) groups excluding carboxylic acids is 1. The fourth-order valence-corrected chi connectivity index (χ4v) is 2.37. The Kier molecular flexibility index (Phi) is 1.46. The van der Waals surface area contributed by atoms with Crippen LogP contribution in [-0.4, -0.2) is 11.9 Å². The maximum Gasteiger partial charge on any atom is 0.254 e. The van der Waals surface area contributed by atoms with Gasteiger partial charge in [-0.2, -0.15) is 0 Å². The van der Waals surface area contributed by atoms with Crippen LogP contribution in [0.2, 0.25) is 5.02 Å². The van der Waals surface area contributed by atoms with Gasteiger partial charge in [0.2, 0.25) is 0 Å². The number of halogens is 2. The van der Waals surface area contributed by atoms with Crippen molar-refractivity contribution >= 4 is 17.5 Å². The highest BCUT2D eigenvalue weighted by atomic mass is 35.5. The zero-order valence-electron chi connectivity index (χ0n) is 7.18. The second-order valence-electron chi connectivity index (χ2n) is 3.74. The minimum atomic E-state index is -0.479. The van der Waals surface area contributed by atoms with Crippen LogP contribution in [0.15, 0.2) is 12.1 Å². The molecule has 72 valence electrons. The number of nitrogens with one attached hydrogen (secondary N) is 1. The second kappa shape index (κ2) is 2.48. The molecule has 1 aliphatic heterocycles. The molecule has 3 rings (SSSR count). The molecule has 4 heteroatoms. The van der Waals surface area contributed by atoms with Crippen molar-refractivity contribution in [2.24, 2.45) is 0 Å². The van der Waals surface area contributed by atoms with E-state index in [9.17, 15) is 9.18 Å². The summed E-state index contributed by atoms with van der Waals surface area (Å²) in [5, 5.41) is 3.24. The summed E-state index contributed by atoms with van der Waals surface area (Å²) >= 11 is 5.95. The Morgan fingerprint density at radius 3 is 3.07 bits per heavy atom. The first-order valence-corrected chi connectivity index (χ1v) is 4.85. The summed E-state index contributed by atoms with van der Waals surface area (Å²) in [4.78, 5) is 11.5. The quantitative estimate of drug-likeness (QED) is 0.700. The third-order valence-corrected chi connectivity index (χ3v) is 3.18. The van der Waals surface area contributed by atoms with Crippen LogP contribution in [0.1, 0.15) is 28.3 Å². The summed E-state index contributed by atoms with van der Waals surface area (Å²) in [5.74, 6) is -0.586. The highest BCUT2D eigenvalue weighted by molar-refractivity contribution is 6.32. The van der Waals surface area contributed by atoms with Crippen LogP contribution >= 0.6 is 11.6 Å². The number of carbonyl (C=O) groups is 1. The predicted molar refractivity (Wildman–Crippen MR) is 50.0 cm³/mol. The van der Waals surface area contributed by atoms with Crippen molar-refractivity contribution in [3.63, 3.8) is 0 Å². The lowest BCUT2D eigenvalue weighted by Crippen LogP contribution is -2.32. The molecule has 0 bridgehead atoms. The van der Waals surface area contributed by atoms with E-state index >= 15 is 0 Å². The van der Waals surface area contributed by atoms with Crippen LogP contribution < -0.4 is 5.32 Å². The third kappa shape index (κ3) is 0.932. The van der Waals surface area contributed by atoms with Crippen LogP contribution in [0, 0.1) is 5.82 Å². The summed E-state index contributed by atoms with van der Waals surface area (Å²) in [6, 6.07) is 2.93. The van der Waals surface area contributed by atoms with Gasteiger partial charge in [0.25, 0.3) is 5.91 Å². The topological polar surface area (TPSA) is 29.1 Å². The molecule has 1 aromatic carbocycles. The largest absolute Gasteiger partial charge is 0.349 e. The number of amides is 1. The monoisotopic (exact) mass is 211 g/mol. The molecule has 0 spiro atoms. The van der Waals surface area contributed by atoms with Crippen LogP contribution in [0.3, 0.4) is 0 Å². The van der Waals surface area contributed by atoms with Gasteiger partial charge in [0, 0.05) is 17.0 Å². The van der Waals surface area contributed by atoms with Crippen LogP contribution in [0.4, 0.5) is 4.39 Å². The van der Waals surface area contributed by atoms with Crippen molar-refractivity contribution in [2.45, 2.75) is 18.4 Å². The molecule has 2 nitrogen and oxygen atoms in total. The molecular weight excluding hydrogens is 205 g/mol. The van der Waals surface area contributed by atoms with E-state index in [0.717, 1.165) is 6.42 Å². The molecule has 2 atom stereocenters. The SMILES string of the molecule is O=C1N[C@@H]2C[C@@H]2c2c(Cl)ccc(F)c21. The summed E-state index contributed by atoms with van der Waals surface area (Å²) in [5.41, 5.74) is 0.830. The highest BCUT2D eigenvalue weighted by Gasteiger charge is 2.47. The Morgan fingerprint density at radius 1 is 1.50 bits per heavy atom. The zero-order chi connectivity index (χ0) is 9.87. The molecule has 1 heterocycles. The Labute approximate surface area is 85.1 Å². The van der Waals surface area contributed by atoms with Crippen molar-refractivity contribution in [3.05, 3.63) is 34.1 Å². The Bertz CT molecular complexity index is 446. The van der Waals surface area contributed by atoms with Crippen molar-refractivity contribution in [3.8, 4) is 0 Å². The zero-order valence-corrected chi connectivity index (χ0v) is 7.94. The average Bonchev–Trinajstić information content (AvgIpc) is 2.88. The van der Waals surface area contributed by atoms with Crippen molar-refractivity contribution in [2.75, 3.05) is 0 Å². The molecule has 1 fully saturated rings. The molecule has 1 saturated carbocycles. The highest BCUT2D eigenvalue weighted by Crippen LogP contribution is 2.48. The van der Waals surface area contributed by atoms with Crippen LogP contribution in [0.25, 0.3) is 0 Å². The van der Waals surface area contributed by atoms with Crippen molar-refractivity contribution in [1.29, 1.82) is 0 Å². The molecule has 1 aromatic rings. The van der Waals surface area contributed by atoms with Gasteiger partial charge in [-0.3, -0.25) is 4.79 Å². The first-order valence-electron chi connectivity index (χ1n) is 4.47. The number of benzene rings is 1. The summed E-state index contributed by atoms with van der Waals surface area (Å²) in [6.07, 6.45) is 0.877. The van der Waals surface area contributed by atoms with Gasteiger partial charge in [-0.25, -0.2) is 4.39 Å². The van der Waals surface area contributed by atoms with Gasteiger partial charge in [-0.15, -0.1) is 0 Å². The Morgan fingerprint density at radius 2 is 2.29 bits per heavy atom. The average molecular weight is 212 g/mol. The standard InChI is InChI=1S/C10H7ClFNO/c11-5-1-2-6(12)9-8(5)4-3-7(4)13-10(9)14/h1-2,4,7H,3H2,(H,13,14)/t4-,7+/m0/s1. The predicted octanol–water partition coefficient (Wildman–Crippen LogP) is 2.08. The van der Waals surface area contributed by atoms with Gasteiger partial charge in [-0.1, -0.05) is 11.6 Å². The first-order chi connectivity index (χ1) is 6.68. The van der Waals surface area contributed by atoms with Gasteiger partial charge in [0.15, 0.2) is 0 Å². The molecule has 1 N–H and O–H groups in total. The lowest BCUT2D eigenvalue weighted by atomic mass is 9.99. The third-order valence-electron chi connectivity index (χ3n) is 2.85. The second-order valence-corrected chi connectivity index (χ2v) is 4.15. The molecule has 1 amide bonds. The first kappa shape index (κ1) is 8.24. The molecule has 14 heavy (non-hydrogen) atoms. The maximum absolute atomic E-state index is 13.4. The minimum Gasteiger partial charge on any atom is -0.349 e. The van der Waals surface area contributed by atoms with E-state index in [1.807, 2.05) is 0 Å². The fraction of sp³-hybridized carbons (Fsp3) is 0.300. The van der Waals surface area contributed by atoms with E-state index in [2.05, 4.69) is 5.32 Å². The smallest absolute Gasteiger partial charge is 0.254 e. The summed E-state index contributed by atoms with van der Waals surface area (Å²) in [7, 11) is 0. The number of hydrogen-bond donors (Lipinski definition) is 1. The summed E-state index contributed by atoms with van der Waals surface area (Å²) in [6.45, 7) is 0. The lowest BCUT2D eigenvalue weighted by molar-refractivity contribution is 0.0939. The normalized spacial score (nSPS) is 27.7. The van der Waals surface area contributed by atoms with Crippen molar-refractivity contribution in [1.82, 2.24) is 5.32 Å². The van der Waals surface area contributed by atoms with E-state index in [1.54, 1.807) is 0 Å². The van der Waals surface area contributed by atoms with Crippen LogP contribution in [0.5, 0.6) is 0 Å². The molecular formula is C10H7ClFNO. The molecule has 0 radical (unpaired) electrons. The van der Waals surface area contributed by atoms with Gasteiger partial charge in [0.1, 0.15) is 5.82 Å². The van der Waals surface area contributed by atoms with E-state index in [-0.39, 0.29) is 23.4 Å². The van der Waals surface area contributed by atoms with Gasteiger partial charge < -0.3 is 5.32 Å². The number of rotatable bonds is 0. The molecule has 2 aliphatic rings. The van der Waals surface area contributed by atoms with E-state index in [1.165, 1.54) is 12.1 Å². The molecule has 0 saturated heterocycles. The van der Waals surface area contributed by atoms with E-state index in [0.29, 0.717) is 10.6 Å². The van der Waals surface area contributed by atoms with E-state index in [4.69, 9.17) is 11.6 Å². The van der Waals surface area contributed by atoms with Gasteiger partial charge in [-0.05, 0) is 24.1 Å². The van der Waals surface area contributed by atoms with Crippen LogP contribution in [-0.2, 0) is 0 Å². The number of fused-ring (bicyclic) bond motifs is 3. The Balaban J connectivity index is 2.30. The Hall–Kier alpha value is -1.09. The maximum atomic E-state index is 13.4. The molecule has 1 aliphatic carbocycles. The van der Waals surface area contributed by atoms with E-state index < -0.39 is 5.82 Å². The lowest BCUT2D eigenvalue weighted by Gasteiger charge is -2.17. The van der Waals surface area contributed by atoms with Gasteiger partial charge in [0.05, 0.1) is 5.56 Å². The van der Waals surface area contributed by atoms with Crippen molar-refractivity contribution < 1.29 is 9.18 Å². The molecule has 0 aromatic heterocycles. The molecule has 0 unspecified atom stereocenters. The van der Waals surface area contributed by atoms with Gasteiger partial charge >= 0.3 is 0 Å². The summed E-state index contributed by atoms with van der Waals surface area (Å²) < 4.78 is 13.4. The fourth-order valence-electron chi connectivity index (χ4n) is 2.07.